The van der Waals surface area contributed by atoms with E-state index in [1.54, 1.807) is 12.1 Å². The van der Waals surface area contributed by atoms with Gasteiger partial charge in [-0.2, -0.15) is 0 Å². The molecule has 3 amide bonds. The quantitative estimate of drug-likeness (QED) is 0.290. The second-order valence-corrected chi connectivity index (χ2v) is 14.4. The third kappa shape index (κ3) is 5.47. The number of nitrogens with zero attached hydrogens (tertiary/aromatic N) is 2. The average Bonchev–Trinajstić information content (AvgIpc) is 3.40. The number of carbonyl (C=O) groups excluding carboxylic acids is 3. The van der Waals surface area contributed by atoms with Crippen molar-refractivity contribution in [3.63, 3.8) is 0 Å². The summed E-state index contributed by atoms with van der Waals surface area (Å²) in [6, 6.07) is 17.6. The normalized spacial score (nSPS) is 19.7. The number of aromatic nitrogens is 1. The van der Waals surface area contributed by atoms with Crippen LogP contribution in [0.3, 0.4) is 0 Å². The first kappa shape index (κ1) is 29.4. The smallest absolute Gasteiger partial charge is 0.308 e. The summed E-state index contributed by atoms with van der Waals surface area (Å²) in [5.74, 6) is -3.51. The molecule has 4 aromatic rings. The topological polar surface area (TPSA) is 149 Å². The highest BCUT2D eigenvalue weighted by Crippen LogP contribution is 2.54. The van der Waals surface area contributed by atoms with E-state index >= 15 is 0 Å². The van der Waals surface area contributed by atoms with Crippen LogP contribution in [0.5, 0.6) is 0 Å². The molecular weight excluding hydrogens is 683 g/mol. The van der Waals surface area contributed by atoms with Crippen molar-refractivity contribution in [3.8, 4) is 0 Å². The lowest BCUT2D eigenvalue weighted by Crippen LogP contribution is -2.33. The zero-order valence-electron chi connectivity index (χ0n) is 21.8. The molecule has 3 aromatic carbocycles. The van der Waals surface area contributed by atoms with Crippen molar-refractivity contribution in [2.75, 3.05) is 10.2 Å². The van der Waals surface area contributed by atoms with Crippen LogP contribution in [0.15, 0.2) is 92.0 Å². The molecule has 0 aliphatic carbocycles. The predicted octanol–water partition coefficient (Wildman–Crippen LogP) is 3.89. The Labute approximate surface area is 260 Å². The molecule has 6 rings (SSSR count). The number of amides is 3. The minimum atomic E-state index is -3.91. The molecule has 2 aliphatic heterocycles. The van der Waals surface area contributed by atoms with Crippen molar-refractivity contribution in [1.82, 2.24) is 4.57 Å². The summed E-state index contributed by atoms with van der Waals surface area (Å²) in [6.45, 7) is -0.386. The summed E-state index contributed by atoms with van der Waals surface area (Å²) in [7, 11) is -3.91. The standard InChI is InChI=1S/C28H20BrFN4O6S3/c29-15-3-1-14(2-4-15)21-22-23(26(37)34(25(22)36)18-9-5-16(30)6-10-18)41-27-24(21)42-28(38)33(27)13-20(35)32-17-7-11-19(12-8-17)43(31,39)40/h1-12,21-23H,13H2,(H,32,35)(H2,31,39,40)/t21-,22?,23?/m1/s1. The number of nitrogens with two attached hydrogens (primary N) is 1. The largest absolute Gasteiger partial charge is 0.325 e. The Bertz CT molecular complexity index is 1940. The van der Waals surface area contributed by atoms with Crippen molar-refractivity contribution in [3.05, 3.63) is 103 Å². The fourth-order valence-corrected chi connectivity index (χ4v) is 8.75. The second kappa shape index (κ2) is 11.1. The highest BCUT2D eigenvalue weighted by atomic mass is 79.9. The third-order valence-corrected chi connectivity index (χ3v) is 11.2. The van der Waals surface area contributed by atoms with E-state index in [2.05, 4.69) is 21.2 Å². The predicted molar refractivity (Wildman–Crippen MR) is 163 cm³/mol. The van der Waals surface area contributed by atoms with E-state index in [9.17, 15) is 32.0 Å². The Balaban J connectivity index is 1.36. The summed E-state index contributed by atoms with van der Waals surface area (Å²) in [5, 5.41) is 7.27. The van der Waals surface area contributed by atoms with Crippen LogP contribution in [0, 0.1) is 11.7 Å². The number of halogens is 2. The number of sulfonamides is 1. The van der Waals surface area contributed by atoms with Gasteiger partial charge in [0.1, 0.15) is 17.6 Å². The summed E-state index contributed by atoms with van der Waals surface area (Å²) < 4.78 is 38.7. The molecule has 0 radical (unpaired) electrons. The number of benzene rings is 3. The van der Waals surface area contributed by atoms with Gasteiger partial charge in [0, 0.05) is 21.0 Å². The number of imide groups is 1. The number of fused-ring (bicyclic) bond motifs is 2. The molecule has 3 N–H and O–H groups in total. The minimum absolute atomic E-state index is 0.121. The number of carbonyl (C=O) groups is 3. The molecule has 3 heterocycles. The first-order valence-electron chi connectivity index (χ1n) is 12.6. The number of hydrogen-bond acceptors (Lipinski definition) is 8. The van der Waals surface area contributed by atoms with Crippen molar-refractivity contribution in [1.29, 1.82) is 0 Å². The van der Waals surface area contributed by atoms with Gasteiger partial charge in [0.2, 0.25) is 27.7 Å². The molecule has 15 heteroatoms. The zero-order valence-corrected chi connectivity index (χ0v) is 25.8. The lowest BCUT2D eigenvalue weighted by molar-refractivity contribution is -0.122. The highest BCUT2D eigenvalue weighted by molar-refractivity contribution is 9.10. The lowest BCUT2D eigenvalue weighted by Gasteiger charge is -2.30. The zero-order chi connectivity index (χ0) is 30.6. The molecule has 43 heavy (non-hydrogen) atoms. The fraction of sp³-hybridized carbons (Fsp3) is 0.143. The first-order chi connectivity index (χ1) is 20.4. The number of anilines is 2. The monoisotopic (exact) mass is 702 g/mol. The van der Waals surface area contributed by atoms with E-state index in [0.717, 1.165) is 38.0 Å². The van der Waals surface area contributed by atoms with Gasteiger partial charge in [0.25, 0.3) is 0 Å². The number of rotatable bonds is 6. The summed E-state index contributed by atoms with van der Waals surface area (Å²) in [5.41, 5.74) is 1.26. The number of thiazole rings is 1. The molecule has 10 nitrogen and oxygen atoms in total. The Kier molecular flexibility index (Phi) is 7.62. The van der Waals surface area contributed by atoms with Gasteiger partial charge >= 0.3 is 4.87 Å². The van der Waals surface area contributed by atoms with Gasteiger partial charge < -0.3 is 5.32 Å². The molecular formula is C28H20BrFN4O6S3. The molecule has 2 unspecified atom stereocenters. The number of thioether (sulfide) groups is 1. The SMILES string of the molecule is NS(=O)(=O)c1ccc(NC(=O)Cn2c3c(sc2=O)[C@H](c2ccc(Br)cc2)C2C(=O)N(c4ccc(F)cc4)C(=O)C2S3)cc1. The van der Waals surface area contributed by atoms with Gasteiger partial charge in [0.15, 0.2) is 0 Å². The van der Waals surface area contributed by atoms with Crippen molar-refractivity contribution in [2.45, 2.75) is 27.6 Å². The van der Waals surface area contributed by atoms with Crippen LogP contribution < -0.4 is 20.2 Å². The summed E-state index contributed by atoms with van der Waals surface area (Å²) in [6.07, 6.45) is 0. The Morgan fingerprint density at radius 1 is 0.953 bits per heavy atom. The molecule has 0 spiro atoms. The van der Waals surface area contributed by atoms with Gasteiger partial charge in [-0.25, -0.2) is 22.8 Å². The summed E-state index contributed by atoms with van der Waals surface area (Å²) >= 11 is 5.38. The van der Waals surface area contributed by atoms with Crippen molar-refractivity contribution >= 4 is 78.1 Å². The van der Waals surface area contributed by atoms with Gasteiger partial charge in [0.05, 0.1) is 21.5 Å². The van der Waals surface area contributed by atoms with E-state index in [0.29, 0.717) is 15.6 Å². The fourth-order valence-electron chi connectivity index (χ4n) is 5.20. The van der Waals surface area contributed by atoms with E-state index in [1.165, 1.54) is 53.1 Å². The first-order valence-corrected chi connectivity index (χ1v) is 16.7. The van der Waals surface area contributed by atoms with Gasteiger partial charge in [-0.05, 0) is 66.2 Å². The maximum absolute atomic E-state index is 13.9. The van der Waals surface area contributed by atoms with Crippen LogP contribution in [0.4, 0.5) is 15.8 Å². The molecule has 1 fully saturated rings. The Morgan fingerprint density at radius 3 is 2.23 bits per heavy atom. The lowest BCUT2D eigenvalue weighted by atomic mass is 9.83. The van der Waals surface area contributed by atoms with Crippen LogP contribution in [-0.2, 0) is 31.0 Å². The van der Waals surface area contributed by atoms with Gasteiger partial charge in [-0.1, -0.05) is 51.2 Å². The van der Waals surface area contributed by atoms with Crippen molar-refractivity contribution < 1.29 is 27.2 Å². The molecule has 0 saturated carbocycles. The Morgan fingerprint density at radius 2 is 1.60 bits per heavy atom. The van der Waals surface area contributed by atoms with E-state index < -0.39 is 55.5 Å². The van der Waals surface area contributed by atoms with Crippen LogP contribution >= 0.6 is 39.0 Å². The van der Waals surface area contributed by atoms with Crippen LogP contribution in [-0.4, -0.2) is 36.0 Å². The number of primary sulfonamides is 1. The molecule has 1 aromatic heterocycles. The van der Waals surface area contributed by atoms with E-state index in [4.69, 9.17) is 5.14 Å². The van der Waals surface area contributed by atoms with Gasteiger partial charge in [-0.15, -0.1) is 0 Å². The highest BCUT2D eigenvalue weighted by Gasteiger charge is 2.56. The third-order valence-electron chi connectivity index (χ3n) is 7.13. The number of hydrogen-bond donors (Lipinski definition) is 2. The molecule has 3 atom stereocenters. The minimum Gasteiger partial charge on any atom is -0.325 e. The maximum Gasteiger partial charge on any atom is 0.308 e. The molecule has 0 bridgehead atoms. The van der Waals surface area contributed by atoms with Crippen LogP contribution in [0.1, 0.15) is 16.4 Å². The van der Waals surface area contributed by atoms with Crippen LogP contribution in [0.2, 0.25) is 0 Å². The molecule has 2 aliphatic rings. The van der Waals surface area contributed by atoms with Crippen LogP contribution in [0.25, 0.3) is 0 Å². The maximum atomic E-state index is 13.9. The molecule has 220 valence electrons. The number of nitrogens with one attached hydrogen (secondary N) is 1. The van der Waals surface area contributed by atoms with Crippen molar-refractivity contribution in [2.24, 2.45) is 11.1 Å². The second-order valence-electron chi connectivity index (χ2n) is 9.82. The van der Waals surface area contributed by atoms with E-state index in [1.807, 2.05) is 12.1 Å². The molecule has 1 saturated heterocycles. The average molecular weight is 704 g/mol. The Hall–Kier alpha value is -3.63. The van der Waals surface area contributed by atoms with Gasteiger partial charge in [-0.3, -0.25) is 23.7 Å². The van der Waals surface area contributed by atoms with E-state index in [-0.39, 0.29) is 17.1 Å². The summed E-state index contributed by atoms with van der Waals surface area (Å²) in [4.78, 5) is 54.9.